The standard InChI is InChI=1S/C9H12N4/c1-3-13-5-6(2)7-4-8(10)11-12-9(7)13/h4-5H,3H2,1-2H3,(H2,10,11). The number of nitrogen functional groups attached to an aromatic ring is 1. The van der Waals surface area contributed by atoms with Gasteiger partial charge in [-0.3, -0.25) is 0 Å². The van der Waals surface area contributed by atoms with E-state index in [0.717, 1.165) is 17.6 Å². The summed E-state index contributed by atoms with van der Waals surface area (Å²) in [6.07, 6.45) is 2.07. The van der Waals surface area contributed by atoms with Gasteiger partial charge >= 0.3 is 0 Å². The molecule has 0 aromatic carbocycles. The molecule has 0 saturated heterocycles. The number of aryl methyl sites for hydroxylation is 2. The van der Waals surface area contributed by atoms with Crippen molar-refractivity contribution in [3.63, 3.8) is 0 Å². The molecule has 0 amide bonds. The lowest BCUT2D eigenvalue weighted by molar-refractivity contribution is 0.778. The molecule has 0 radical (unpaired) electrons. The number of nitrogens with two attached hydrogens (primary N) is 1. The van der Waals surface area contributed by atoms with E-state index in [2.05, 4.69) is 34.8 Å². The highest BCUT2D eigenvalue weighted by atomic mass is 15.2. The molecule has 4 heteroatoms. The molecule has 0 aliphatic rings. The van der Waals surface area contributed by atoms with Crippen molar-refractivity contribution < 1.29 is 0 Å². The molecule has 0 aliphatic heterocycles. The Morgan fingerprint density at radius 3 is 2.92 bits per heavy atom. The lowest BCUT2D eigenvalue weighted by Crippen LogP contribution is -1.97. The largest absolute Gasteiger partial charge is 0.382 e. The van der Waals surface area contributed by atoms with Gasteiger partial charge in [0.2, 0.25) is 0 Å². The van der Waals surface area contributed by atoms with Crippen LogP contribution in [0.4, 0.5) is 5.82 Å². The Morgan fingerprint density at radius 1 is 1.46 bits per heavy atom. The van der Waals surface area contributed by atoms with Crippen molar-refractivity contribution in [2.75, 3.05) is 5.73 Å². The molecule has 0 bridgehead atoms. The van der Waals surface area contributed by atoms with Crippen LogP contribution < -0.4 is 5.73 Å². The first-order valence-corrected chi connectivity index (χ1v) is 4.31. The molecule has 4 nitrogen and oxygen atoms in total. The van der Waals surface area contributed by atoms with Crippen LogP contribution in [0.15, 0.2) is 12.3 Å². The summed E-state index contributed by atoms with van der Waals surface area (Å²) in [6.45, 7) is 5.04. The van der Waals surface area contributed by atoms with Crippen LogP contribution in [-0.4, -0.2) is 14.8 Å². The van der Waals surface area contributed by atoms with E-state index in [1.54, 1.807) is 0 Å². The van der Waals surface area contributed by atoms with Crippen molar-refractivity contribution in [2.24, 2.45) is 0 Å². The highest BCUT2D eigenvalue weighted by Crippen LogP contribution is 2.19. The lowest BCUT2D eigenvalue weighted by Gasteiger charge is -1.97. The van der Waals surface area contributed by atoms with Gasteiger partial charge in [0.1, 0.15) is 5.82 Å². The van der Waals surface area contributed by atoms with Gasteiger partial charge in [0.25, 0.3) is 0 Å². The molecule has 2 aromatic rings. The maximum atomic E-state index is 5.56. The fourth-order valence-corrected chi connectivity index (χ4v) is 1.51. The second-order valence-corrected chi connectivity index (χ2v) is 3.10. The third-order valence-electron chi connectivity index (χ3n) is 2.18. The van der Waals surface area contributed by atoms with Gasteiger partial charge in [-0.2, -0.15) is 0 Å². The van der Waals surface area contributed by atoms with Gasteiger partial charge < -0.3 is 10.3 Å². The Bertz CT molecular complexity index is 444. The predicted octanol–water partition coefficient (Wildman–Crippen LogP) is 1.34. The fraction of sp³-hybridized carbons (Fsp3) is 0.333. The van der Waals surface area contributed by atoms with E-state index < -0.39 is 0 Å². The van der Waals surface area contributed by atoms with E-state index in [0.29, 0.717) is 5.82 Å². The zero-order chi connectivity index (χ0) is 9.42. The van der Waals surface area contributed by atoms with Gasteiger partial charge in [0.05, 0.1) is 0 Å². The smallest absolute Gasteiger partial charge is 0.163 e. The van der Waals surface area contributed by atoms with E-state index in [9.17, 15) is 0 Å². The minimum absolute atomic E-state index is 0.476. The SMILES string of the molecule is CCn1cc(C)c2cc(N)nnc21. The zero-order valence-corrected chi connectivity index (χ0v) is 7.78. The van der Waals surface area contributed by atoms with Gasteiger partial charge in [-0.25, -0.2) is 0 Å². The van der Waals surface area contributed by atoms with Crippen molar-refractivity contribution in [1.82, 2.24) is 14.8 Å². The van der Waals surface area contributed by atoms with Crippen molar-refractivity contribution in [1.29, 1.82) is 0 Å². The minimum Gasteiger partial charge on any atom is -0.382 e. The zero-order valence-electron chi connectivity index (χ0n) is 7.78. The number of rotatable bonds is 1. The Balaban J connectivity index is 2.80. The number of hydrogen-bond donors (Lipinski definition) is 1. The Morgan fingerprint density at radius 2 is 2.23 bits per heavy atom. The fourth-order valence-electron chi connectivity index (χ4n) is 1.51. The second-order valence-electron chi connectivity index (χ2n) is 3.10. The van der Waals surface area contributed by atoms with Crippen LogP contribution in [0.1, 0.15) is 12.5 Å². The number of anilines is 1. The maximum Gasteiger partial charge on any atom is 0.163 e. The van der Waals surface area contributed by atoms with Crippen LogP contribution in [0, 0.1) is 6.92 Å². The molecular formula is C9H12N4. The third kappa shape index (κ3) is 1.14. The molecule has 0 aliphatic carbocycles. The molecule has 0 unspecified atom stereocenters. The lowest BCUT2D eigenvalue weighted by atomic mass is 10.2. The molecule has 2 rings (SSSR count). The molecule has 2 N–H and O–H groups in total. The Hall–Kier alpha value is -1.58. The van der Waals surface area contributed by atoms with E-state index in [1.165, 1.54) is 5.56 Å². The first kappa shape index (κ1) is 8.04. The van der Waals surface area contributed by atoms with E-state index in [-0.39, 0.29) is 0 Å². The second kappa shape index (κ2) is 2.73. The molecular weight excluding hydrogens is 164 g/mol. The summed E-state index contributed by atoms with van der Waals surface area (Å²) < 4.78 is 2.07. The molecule has 0 fully saturated rings. The first-order chi connectivity index (χ1) is 6.22. The third-order valence-corrected chi connectivity index (χ3v) is 2.18. The van der Waals surface area contributed by atoms with Crippen LogP contribution in [0.3, 0.4) is 0 Å². The summed E-state index contributed by atoms with van der Waals surface area (Å²) in [5.41, 5.74) is 7.66. The van der Waals surface area contributed by atoms with Crippen LogP contribution in [0.2, 0.25) is 0 Å². The van der Waals surface area contributed by atoms with Gasteiger partial charge in [0.15, 0.2) is 5.65 Å². The quantitative estimate of drug-likeness (QED) is 0.713. The predicted molar refractivity (Wildman–Crippen MR) is 52.4 cm³/mol. The Kier molecular flexibility index (Phi) is 1.69. The summed E-state index contributed by atoms with van der Waals surface area (Å²) in [6, 6.07) is 1.86. The number of fused-ring (bicyclic) bond motifs is 1. The summed E-state index contributed by atoms with van der Waals surface area (Å²) in [7, 11) is 0. The van der Waals surface area contributed by atoms with Crippen LogP contribution >= 0.6 is 0 Å². The number of nitrogens with zero attached hydrogens (tertiary/aromatic N) is 3. The van der Waals surface area contributed by atoms with Crippen molar-refractivity contribution in [3.8, 4) is 0 Å². The molecule has 0 spiro atoms. The van der Waals surface area contributed by atoms with E-state index in [1.807, 2.05) is 6.07 Å². The Labute approximate surface area is 76.4 Å². The monoisotopic (exact) mass is 176 g/mol. The van der Waals surface area contributed by atoms with Gasteiger partial charge in [-0.05, 0) is 25.5 Å². The normalized spacial score (nSPS) is 10.9. The molecule has 2 aromatic heterocycles. The van der Waals surface area contributed by atoms with Crippen LogP contribution in [-0.2, 0) is 6.54 Å². The topological polar surface area (TPSA) is 56.7 Å². The minimum atomic E-state index is 0.476. The van der Waals surface area contributed by atoms with Crippen LogP contribution in [0.25, 0.3) is 11.0 Å². The van der Waals surface area contributed by atoms with Crippen molar-refractivity contribution in [3.05, 3.63) is 17.8 Å². The van der Waals surface area contributed by atoms with Gasteiger partial charge in [-0.1, -0.05) is 0 Å². The summed E-state index contributed by atoms with van der Waals surface area (Å²) in [5.74, 6) is 0.476. The summed E-state index contributed by atoms with van der Waals surface area (Å²) >= 11 is 0. The molecule has 2 heterocycles. The molecule has 0 saturated carbocycles. The molecule has 68 valence electrons. The average Bonchev–Trinajstić information content (AvgIpc) is 2.43. The van der Waals surface area contributed by atoms with Gasteiger partial charge in [0, 0.05) is 18.1 Å². The first-order valence-electron chi connectivity index (χ1n) is 4.31. The molecule has 0 atom stereocenters. The number of aromatic nitrogens is 3. The highest BCUT2D eigenvalue weighted by Gasteiger charge is 2.05. The summed E-state index contributed by atoms with van der Waals surface area (Å²) in [4.78, 5) is 0. The van der Waals surface area contributed by atoms with E-state index in [4.69, 9.17) is 5.73 Å². The number of hydrogen-bond acceptors (Lipinski definition) is 3. The van der Waals surface area contributed by atoms with Crippen molar-refractivity contribution >= 4 is 16.9 Å². The van der Waals surface area contributed by atoms with Crippen molar-refractivity contribution in [2.45, 2.75) is 20.4 Å². The summed E-state index contributed by atoms with van der Waals surface area (Å²) in [5, 5.41) is 8.99. The van der Waals surface area contributed by atoms with E-state index >= 15 is 0 Å². The highest BCUT2D eigenvalue weighted by molar-refractivity contribution is 5.81. The average molecular weight is 176 g/mol. The maximum absolute atomic E-state index is 5.56. The van der Waals surface area contributed by atoms with Crippen LogP contribution in [0.5, 0.6) is 0 Å². The van der Waals surface area contributed by atoms with Gasteiger partial charge in [-0.15, -0.1) is 10.2 Å². The molecule has 13 heavy (non-hydrogen) atoms.